The quantitative estimate of drug-likeness (QED) is 0.757. The van der Waals surface area contributed by atoms with Gasteiger partial charge in [-0.2, -0.15) is 4.98 Å². The summed E-state index contributed by atoms with van der Waals surface area (Å²) in [5, 5.41) is 3.76. The number of aryl methyl sites for hydroxylation is 1. The summed E-state index contributed by atoms with van der Waals surface area (Å²) in [4.78, 5) is 4.16. The van der Waals surface area contributed by atoms with E-state index in [1.807, 2.05) is 54.6 Å². The molecule has 1 atom stereocenters. The molecule has 2 N–H and O–H groups in total. The predicted molar refractivity (Wildman–Crippen MR) is 86.9 cm³/mol. The Morgan fingerprint density at radius 2 is 1.78 bits per heavy atom. The van der Waals surface area contributed by atoms with Crippen molar-refractivity contribution in [2.75, 3.05) is 0 Å². The van der Waals surface area contributed by atoms with Gasteiger partial charge in [-0.1, -0.05) is 47.6 Å². The van der Waals surface area contributed by atoms with Crippen LogP contribution in [0, 0.1) is 6.92 Å². The second-order valence-electron chi connectivity index (χ2n) is 5.41. The molecule has 0 saturated carbocycles. The smallest absolute Gasteiger partial charge is 0.243 e. The molecule has 0 aliphatic carbocycles. The van der Waals surface area contributed by atoms with E-state index < -0.39 is 0 Å². The molecule has 0 bridgehead atoms. The number of hydrogen-bond acceptors (Lipinski definition) is 5. The number of benzene rings is 2. The van der Waals surface area contributed by atoms with E-state index in [2.05, 4.69) is 10.1 Å². The van der Waals surface area contributed by atoms with E-state index in [1.54, 1.807) is 6.92 Å². The number of nitrogens with zero attached hydrogens (tertiary/aromatic N) is 2. The molecule has 0 aliphatic rings. The third-order valence-electron chi connectivity index (χ3n) is 3.49. The van der Waals surface area contributed by atoms with Gasteiger partial charge in [0.2, 0.25) is 5.89 Å². The van der Waals surface area contributed by atoms with Crippen molar-refractivity contribution in [1.29, 1.82) is 0 Å². The van der Waals surface area contributed by atoms with Crippen LogP contribution in [0.5, 0.6) is 5.75 Å². The van der Waals surface area contributed by atoms with E-state index in [4.69, 9.17) is 15.0 Å². The van der Waals surface area contributed by atoms with Gasteiger partial charge < -0.3 is 15.0 Å². The molecule has 0 amide bonds. The van der Waals surface area contributed by atoms with E-state index in [-0.39, 0.29) is 6.04 Å². The van der Waals surface area contributed by atoms with Crippen molar-refractivity contribution in [3.8, 4) is 5.75 Å². The van der Waals surface area contributed by atoms with Gasteiger partial charge in [-0.05, 0) is 36.6 Å². The van der Waals surface area contributed by atoms with Crippen LogP contribution in [0.1, 0.15) is 28.9 Å². The first-order valence-corrected chi connectivity index (χ1v) is 7.52. The van der Waals surface area contributed by atoms with Gasteiger partial charge in [-0.15, -0.1) is 0 Å². The van der Waals surface area contributed by atoms with Crippen molar-refractivity contribution in [1.82, 2.24) is 10.1 Å². The Labute approximate surface area is 135 Å². The Balaban J connectivity index is 1.56. The zero-order valence-electron chi connectivity index (χ0n) is 13.0. The zero-order valence-corrected chi connectivity index (χ0v) is 13.0. The Bertz CT molecular complexity index is 738. The van der Waals surface area contributed by atoms with E-state index >= 15 is 0 Å². The lowest BCUT2D eigenvalue weighted by molar-refractivity contribution is 0.306. The minimum Gasteiger partial charge on any atom is -0.489 e. The minimum absolute atomic E-state index is 0.299. The van der Waals surface area contributed by atoms with Crippen LogP contribution >= 0.6 is 0 Å². The molecule has 1 unspecified atom stereocenters. The van der Waals surface area contributed by atoms with Crippen LogP contribution in [0.2, 0.25) is 0 Å². The summed E-state index contributed by atoms with van der Waals surface area (Å²) in [6.07, 6.45) is 0.639. The Hall–Kier alpha value is -2.66. The molecule has 23 heavy (non-hydrogen) atoms. The van der Waals surface area contributed by atoms with E-state index in [0.29, 0.717) is 24.7 Å². The number of ether oxygens (including phenoxy) is 1. The summed E-state index contributed by atoms with van der Waals surface area (Å²) in [7, 11) is 0. The van der Waals surface area contributed by atoms with Gasteiger partial charge in [0.05, 0.1) is 6.04 Å². The third kappa shape index (κ3) is 4.17. The van der Waals surface area contributed by atoms with E-state index in [0.717, 1.165) is 16.9 Å². The molecule has 0 spiro atoms. The van der Waals surface area contributed by atoms with Crippen molar-refractivity contribution < 1.29 is 9.26 Å². The fourth-order valence-corrected chi connectivity index (χ4v) is 2.27. The third-order valence-corrected chi connectivity index (χ3v) is 3.49. The highest BCUT2D eigenvalue weighted by Crippen LogP contribution is 2.18. The van der Waals surface area contributed by atoms with E-state index in [9.17, 15) is 0 Å². The van der Waals surface area contributed by atoms with Crippen LogP contribution in [0.3, 0.4) is 0 Å². The molecule has 0 aliphatic heterocycles. The maximum Gasteiger partial charge on any atom is 0.243 e. The lowest BCUT2D eigenvalue weighted by Crippen LogP contribution is -2.13. The molecule has 0 fully saturated rings. The van der Waals surface area contributed by atoms with Gasteiger partial charge in [0.25, 0.3) is 0 Å². The van der Waals surface area contributed by atoms with Crippen molar-refractivity contribution >= 4 is 0 Å². The van der Waals surface area contributed by atoms with Gasteiger partial charge in [0.1, 0.15) is 12.4 Å². The number of aromatic nitrogens is 2. The molecule has 1 heterocycles. The molecule has 3 rings (SSSR count). The highest BCUT2D eigenvalue weighted by molar-refractivity contribution is 5.28. The average molecular weight is 309 g/mol. The maximum atomic E-state index is 6.09. The van der Waals surface area contributed by atoms with Crippen molar-refractivity contribution in [3.05, 3.63) is 77.4 Å². The van der Waals surface area contributed by atoms with Crippen LogP contribution in [-0.2, 0) is 13.0 Å². The fourth-order valence-electron chi connectivity index (χ4n) is 2.27. The van der Waals surface area contributed by atoms with Crippen LogP contribution in [0.15, 0.2) is 59.1 Å². The Kier molecular flexibility index (Phi) is 4.68. The number of rotatable bonds is 6. The van der Waals surface area contributed by atoms with E-state index in [1.165, 1.54) is 0 Å². The predicted octanol–water partition coefficient (Wildman–Crippen LogP) is 3.20. The highest BCUT2D eigenvalue weighted by Gasteiger charge is 2.14. The first-order valence-electron chi connectivity index (χ1n) is 7.52. The molecule has 5 heteroatoms. The molecule has 118 valence electrons. The van der Waals surface area contributed by atoms with Gasteiger partial charge >= 0.3 is 0 Å². The van der Waals surface area contributed by atoms with Crippen LogP contribution < -0.4 is 10.5 Å². The van der Waals surface area contributed by atoms with Crippen molar-refractivity contribution in [3.63, 3.8) is 0 Å². The fraction of sp³-hybridized carbons (Fsp3) is 0.222. The monoisotopic (exact) mass is 309 g/mol. The summed E-state index contributed by atoms with van der Waals surface area (Å²) in [5.74, 6) is 1.90. The second-order valence-corrected chi connectivity index (χ2v) is 5.41. The van der Waals surface area contributed by atoms with Crippen molar-refractivity contribution in [2.24, 2.45) is 5.73 Å². The largest absolute Gasteiger partial charge is 0.489 e. The Morgan fingerprint density at radius 1 is 1.04 bits per heavy atom. The second kappa shape index (κ2) is 7.07. The number of hydrogen-bond donors (Lipinski definition) is 1. The summed E-state index contributed by atoms with van der Waals surface area (Å²) in [6, 6.07) is 17.7. The average Bonchev–Trinajstić information content (AvgIpc) is 3.02. The summed E-state index contributed by atoms with van der Waals surface area (Å²) >= 11 is 0. The van der Waals surface area contributed by atoms with Crippen LogP contribution in [-0.4, -0.2) is 10.1 Å². The molecule has 2 aromatic carbocycles. The minimum atomic E-state index is -0.299. The summed E-state index contributed by atoms with van der Waals surface area (Å²) in [5.41, 5.74) is 8.33. The molecule has 5 nitrogen and oxygen atoms in total. The summed E-state index contributed by atoms with van der Waals surface area (Å²) < 4.78 is 10.9. The SMILES string of the molecule is Cc1noc(C(N)Cc2ccc(OCc3ccccc3)cc2)n1. The zero-order chi connectivity index (χ0) is 16.1. The van der Waals surface area contributed by atoms with Crippen LogP contribution in [0.4, 0.5) is 0 Å². The van der Waals surface area contributed by atoms with Gasteiger partial charge in [0, 0.05) is 0 Å². The maximum absolute atomic E-state index is 6.09. The molecular weight excluding hydrogens is 290 g/mol. The normalized spacial score (nSPS) is 12.1. The molecule has 0 saturated heterocycles. The lowest BCUT2D eigenvalue weighted by Gasteiger charge is -2.09. The topological polar surface area (TPSA) is 74.2 Å². The standard InChI is InChI=1S/C18H19N3O2/c1-13-20-18(23-21-13)17(19)11-14-7-9-16(10-8-14)22-12-15-5-3-2-4-6-15/h2-10,17H,11-12,19H2,1H3. The van der Waals surface area contributed by atoms with Gasteiger partial charge in [-0.3, -0.25) is 0 Å². The molecule has 1 aromatic heterocycles. The Morgan fingerprint density at radius 3 is 2.43 bits per heavy atom. The van der Waals surface area contributed by atoms with Crippen molar-refractivity contribution in [2.45, 2.75) is 26.0 Å². The number of nitrogens with two attached hydrogens (primary N) is 1. The van der Waals surface area contributed by atoms with Gasteiger partial charge in [-0.25, -0.2) is 0 Å². The summed E-state index contributed by atoms with van der Waals surface area (Å²) in [6.45, 7) is 2.33. The molecule has 0 radical (unpaired) electrons. The first-order chi connectivity index (χ1) is 11.2. The highest BCUT2D eigenvalue weighted by atomic mass is 16.5. The van der Waals surface area contributed by atoms with Gasteiger partial charge in [0.15, 0.2) is 5.82 Å². The van der Waals surface area contributed by atoms with Crippen LogP contribution in [0.25, 0.3) is 0 Å². The molecular formula is C18H19N3O2. The first kappa shape index (κ1) is 15.2. The lowest BCUT2D eigenvalue weighted by atomic mass is 10.1. The molecule has 3 aromatic rings.